The molecule has 0 bridgehead atoms. The third kappa shape index (κ3) is 4.73. The van der Waals surface area contributed by atoms with E-state index in [9.17, 15) is 13.2 Å². The summed E-state index contributed by atoms with van der Waals surface area (Å²) < 4.78 is 31.4. The molecular formula is C17H15ClN2O4S. The van der Waals surface area contributed by atoms with E-state index in [1.165, 1.54) is 37.4 Å². The van der Waals surface area contributed by atoms with E-state index < -0.39 is 15.9 Å². The van der Waals surface area contributed by atoms with Crippen molar-refractivity contribution >= 4 is 33.2 Å². The number of rotatable bonds is 6. The Bertz CT molecular complexity index is 936. The summed E-state index contributed by atoms with van der Waals surface area (Å²) in [4.78, 5) is 12.3. The molecule has 2 N–H and O–H groups in total. The minimum Gasteiger partial charge on any atom is -0.495 e. The SMILES string of the molecule is C#CCNS(=O)(=O)c1cccc(C(=O)Nc2ccc(OC)c(Cl)c2)c1. The number of hydrogen-bond donors (Lipinski definition) is 2. The highest BCUT2D eigenvalue weighted by Crippen LogP contribution is 2.27. The second kappa shape index (κ2) is 8.03. The van der Waals surface area contributed by atoms with Crippen LogP contribution in [0.25, 0.3) is 0 Å². The zero-order valence-electron chi connectivity index (χ0n) is 13.2. The van der Waals surface area contributed by atoms with Crippen molar-refractivity contribution in [2.24, 2.45) is 0 Å². The summed E-state index contributed by atoms with van der Waals surface area (Å²) in [5.41, 5.74) is 0.630. The van der Waals surface area contributed by atoms with Crippen LogP contribution in [-0.4, -0.2) is 28.0 Å². The van der Waals surface area contributed by atoms with Crippen LogP contribution in [0.5, 0.6) is 5.75 Å². The Morgan fingerprint density at radius 1 is 1.28 bits per heavy atom. The van der Waals surface area contributed by atoms with Gasteiger partial charge in [-0.3, -0.25) is 4.79 Å². The van der Waals surface area contributed by atoms with E-state index in [1.807, 2.05) is 0 Å². The number of hydrogen-bond acceptors (Lipinski definition) is 4. The molecule has 0 saturated heterocycles. The molecule has 8 heteroatoms. The van der Waals surface area contributed by atoms with Gasteiger partial charge in [-0.25, -0.2) is 8.42 Å². The third-order valence-electron chi connectivity index (χ3n) is 3.18. The highest BCUT2D eigenvalue weighted by atomic mass is 35.5. The van der Waals surface area contributed by atoms with Gasteiger partial charge in [0, 0.05) is 11.3 Å². The lowest BCUT2D eigenvalue weighted by molar-refractivity contribution is 0.102. The van der Waals surface area contributed by atoms with Crippen LogP contribution in [0.1, 0.15) is 10.4 Å². The Balaban J connectivity index is 2.22. The molecule has 0 fully saturated rings. The molecule has 130 valence electrons. The minimum absolute atomic E-state index is 0.0526. The maximum absolute atomic E-state index is 12.3. The number of terminal acetylenes is 1. The molecule has 0 spiro atoms. The largest absolute Gasteiger partial charge is 0.495 e. The molecule has 0 aromatic heterocycles. The van der Waals surface area contributed by atoms with Crippen molar-refractivity contribution in [1.29, 1.82) is 0 Å². The van der Waals surface area contributed by atoms with E-state index in [4.69, 9.17) is 22.8 Å². The van der Waals surface area contributed by atoms with Gasteiger partial charge in [-0.05, 0) is 36.4 Å². The predicted molar refractivity (Wildman–Crippen MR) is 96.4 cm³/mol. The molecule has 2 aromatic carbocycles. The predicted octanol–water partition coefficient (Wildman–Crippen LogP) is 2.51. The summed E-state index contributed by atoms with van der Waals surface area (Å²) in [6.07, 6.45) is 5.05. The van der Waals surface area contributed by atoms with Gasteiger partial charge < -0.3 is 10.1 Å². The van der Waals surface area contributed by atoms with Crippen molar-refractivity contribution in [2.75, 3.05) is 19.0 Å². The molecule has 0 aliphatic carbocycles. The molecule has 6 nitrogen and oxygen atoms in total. The fraction of sp³-hybridized carbons (Fsp3) is 0.118. The van der Waals surface area contributed by atoms with Gasteiger partial charge in [-0.2, -0.15) is 4.72 Å². The number of methoxy groups -OCH3 is 1. The smallest absolute Gasteiger partial charge is 0.255 e. The number of nitrogens with one attached hydrogen (secondary N) is 2. The van der Waals surface area contributed by atoms with Gasteiger partial charge in [-0.1, -0.05) is 23.6 Å². The number of carbonyl (C=O) groups is 1. The monoisotopic (exact) mass is 378 g/mol. The Labute approximate surface area is 151 Å². The molecule has 2 aromatic rings. The lowest BCUT2D eigenvalue weighted by Crippen LogP contribution is -2.24. The van der Waals surface area contributed by atoms with Crippen LogP contribution in [-0.2, 0) is 10.0 Å². The van der Waals surface area contributed by atoms with Crippen molar-refractivity contribution in [3.63, 3.8) is 0 Å². The summed E-state index contributed by atoms with van der Waals surface area (Å²) in [5.74, 6) is 2.19. The van der Waals surface area contributed by atoms with Crippen LogP contribution >= 0.6 is 11.6 Å². The number of carbonyl (C=O) groups excluding carboxylic acids is 1. The van der Waals surface area contributed by atoms with Gasteiger partial charge in [0.2, 0.25) is 10.0 Å². The standard InChI is InChI=1S/C17H15ClN2O4S/c1-3-9-19-25(22,23)14-6-4-5-12(10-14)17(21)20-13-7-8-16(24-2)15(18)11-13/h1,4-8,10-11,19H,9H2,2H3,(H,20,21). The third-order valence-corrected chi connectivity index (χ3v) is 4.87. The molecule has 0 radical (unpaired) electrons. The van der Waals surface area contributed by atoms with Crippen molar-refractivity contribution in [1.82, 2.24) is 4.72 Å². The van der Waals surface area contributed by atoms with E-state index >= 15 is 0 Å². The molecule has 0 atom stereocenters. The molecule has 25 heavy (non-hydrogen) atoms. The number of halogens is 1. The van der Waals surface area contributed by atoms with E-state index in [0.717, 1.165) is 0 Å². The molecule has 1 amide bonds. The Morgan fingerprint density at radius 2 is 2.04 bits per heavy atom. The lowest BCUT2D eigenvalue weighted by atomic mass is 10.2. The summed E-state index contributed by atoms with van der Waals surface area (Å²) >= 11 is 6.01. The van der Waals surface area contributed by atoms with Gasteiger partial charge in [0.15, 0.2) is 0 Å². The van der Waals surface area contributed by atoms with Gasteiger partial charge in [0.05, 0.1) is 23.6 Å². The zero-order valence-corrected chi connectivity index (χ0v) is 14.8. The van der Waals surface area contributed by atoms with Crippen LogP contribution in [0, 0.1) is 12.3 Å². The van der Waals surface area contributed by atoms with Gasteiger partial charge >= 0.3 is 0 Å². The van der Waals surface area contributed by atoms with Gasteiger partial charge in [0.1, 0.15) is 5.75 Å². The first-order valence-electron chi connectivity index (χ1n) is 7.05. The molecule has 0 unspecified atom stereocenters. The van der Waals surface area contributed by atoms with E-state index in [0.29, 0.717) is 16.5 Å². The summed E-state index contributed by atoms with van der Waals surface area (Å²) in [7, 11) is -2.29. The summed E-state index contributed by atoms with van der Waals surface area (Å²) in [5, 5.41) is 2.99. The van der Waals surface area contributed by atoms with Crippen LogP contribution in [0.2, 0.25) is 5.02 Å². The molecule has 0 aliphatic rings. The minimum atomic E-state index is -3.78. The molecule has 0 heterocycles. The molecule has 0 saturated carbocycles. The van der Waals surface area contributed by atoms with E-state index in [2.05, 4.69) is 16.0 Å². The van der Waals surface area contributed by atoms with Crippen LogP contribution in [0.15, 0.2) is 47.4 Å². The van der Waals surface area contributed by atoms with Crippen LogP contribution < -0.4 is 14.8 Å². The lowest BCUT2D eigenvalue weighted by Gasteiger charge is -2.09. The van der Waals surface area contributed by atoms with Crippen LogP contribution in [0.3, 0.4) is 0 Å². The maximum atomic E-state index is 12.3. The fourth-order valence-corrected chi connectivity index (χ4v) is 3.21. The quantitative estimate of drug-likeness (QED) is 0.756. The van der Waals surface area contributed by atoms with Crippen molar-refractivity contribution < 1.29 is 17.9 Å². The Morgan fingerprint density at radius 3 is 2.68 bits per heavy atom. The van der Waals surface area contributed by atoms with Crippen molar-refractivity contribution in [3.8, 4) is 18.1 Å². The second-order valence-electron chi connectivity index (χ2n) is 4.86. The fourth-order valence-electron chi connectivity index (χ4n) is 1.97. The molecule has 2 rings (SSSR count). The number of sulfonamides is 1. The van der Waals surface area contributed by atoms with E-state index in [-0.39, 0.29) is 17.0 Å². The number of anilines is 1. The highest BCUT2D eigenvalue weighted by Gasteiger charge is 2.16. The Kier molecular flexibility index (Phi) is 6.04. The maximum Gasteiger partial charge on any atom is 0.255 e. The van der Waals surface area contributed by atoms with Gasteiger partial charge in [0.25, 0.3) is 5.91 Å². The van der Waals surface area contributed by atoms with Gasteiger partial charge in [-0.15, -0.1) is 6.42 Å². The van der Waals surface area contributed by atoms with Crippen molar-refractivity contribution in [2.45, 2.75) is 4.90 Å². The average Bonchev–Trinajstić information content (AvgIpc) is 2.60. The number of ether oxygens (including phenoxy) is 1. The number of amides is 1. The van der Waals surface area contributed by atoms with Crippen molar-refractivity contribution in [3.05, 3.63) is 53.1 Å². The van der Waals surface area contributed by atoms with E-state index in [1.54, 1.807) is 12.1 Å². The second-order valence-corrected chi connectivity index (χ2v) is 7.03. The average molecular weight is 379 g/mol. The van der Waals surface area contributed by atoms with Crippen LogP contribution in [0.4, 0.5) is 5.69 Å². The molecular weight excluding hydrogens is 364 g/mol. The Hall–Kier alpha value is -2.53. The zero-order chi connectivity index (χ0) is 18.4. The first-order valence-corrected chi connectivity index (χ1v) is 8.91. The first-order chi connectivity index (χ1) is 11.9. The first kappa shape index (κ1) is 18.8. The highest BCUT2D eigenvalue weighted by molar-refractivity contribution is 7.89. The normalized spacial score (nSPS) is 10.8. The number of benzene rings is 2. The molecule has 0 aliphatic heterocycles. The summed E-state index contributed by atoms with van der Waals surface area (Å²) in [6, 6.07) is 10.4. The topological polar surface area (TPSA) is 84.5 Å². The summed E-state index contributed by atoms with van der Waals surface area (Å²) in [6.45, 7) is -0.136.